The van der Waals surface area contributed by atoms with Gasteiger partial charge in [-0.2, -0.15) is 0 Å². The summed E-state index contributed by atoms with van der Waals surface area (Å²) < 4.78 is 5.80. The molecule has 20 heavy (non-hydrogen) atoms. The van der Waals surface area contributed by atoms with E-state index in [4.69, 9.17) is 10.5 Å². The minimum Gasteiger partial charge on any atom is -0.480 e. The molecule has 0 saturated heterocycles. The van der Waals surface area contributed by atoms with Gasteiger partial charge in [0.2, 0.25) is 0 Å². The fraction of sp³-hybridized carbons (Fsp3) is 0.562. The maximum absolute atomic E-state index is 11.3. The molecule has 0 aliphatic carbocycles. The van der Waals surface area contributed by atoms with Crippen molar-refractivity contribution in [1.82, 2.24) is 5.32 Å². The molecule has 1 aromatic carbocycles. The first-order chi connectivity index (χ1) is 9.49. The van der Waals surface area contributed by atoms with Crippen LogP contribution in [0.15, 0.2) is 18.2 Å². The van der Waals surface area contributed by atoms with E-state index in [-0.39, 0.29) is 6.04 Å². The standard InChI is InChI=1S/C16H26N2O2/c1-5-9-18-12(4)13-10-11(3)7-8-15(13)20-14(6-2)16(17)19/h7-8,10,12,14,18H,5-6,9H2,1-4H3,(H2,17,19). The van der Waals surface area contributed by atoms with Crippen LogP contribution in [0, 0.1) is 6.92 Å². The first-order valence-electron chi connectivity index (χ1n) is 7.29. The van der Waals surface area contributed by atoms with Gasteiger partial charge in [0.15, 0.2) is 6.10 Å². The number of benzene rings is 1. The van der Waals surface area contributed by atoms with Crippen LogP contribution in [-0.4, -0.2) is 18.6 Å². The molecule has 0 bridgehead atoms. The summed E-state index contributed by atoms with van der Waals surface area (Å²) in [5.41, 5.74) is 7.59. The second kappa shape index (κ2) is 7.90. The Morgan fingerprint density at radius 1 is 1.40 bits per heavy atom. The smallest absolute Gasteiger partial charge is 0.258 e. The monoisotopic (exact) mass is 278 g/mol. The fourth-order valence-electron chi connectivity index (χ4n) is 2.08. The lowest BCUT2D eigenvalue weighted by atomic mass is 10.0. The number of amides is 1. The van der Waals surface area contributed by atoms with Crippen LogP contribution in [0.4, 0.5) is 0 Å². The Morgan fingerprint density at radius 2 is 2.10 bits per heavy atom. The molecule has 4 nitrogen and oxygen atoms in total. The third kappa shape index (κ3) is 4.53. The van der Waals surface area contributed by atoms with Gasteiger partial charge in [0.1, 0.15) is 5.75 Å². The van der Waals surface area contributed by atoms with E-state index in [1.54, 1.807) is 0 Å². The summed E-state index contributed by atoms with van der Waals surface area (Å²) >= 11 is 0. The molecule has 0 heterocycles. The highest BCUT2D eigenvalue weighted by atomic mass is 16.5. The van der Waals surface area contributed by atoms with Crippen molar-refractivity contribution in [2.75, 3.05) is 6.54 Å². The van der Waals surface area contributed by atoms with Crippen LogP contribution in [0.5, 0.6) is 5.75 Å². The van der Waals surface area contributed by atoms with Crippen molar-refractivity contribution in [2.45, 2.75) is 52.7 Å². The average Bonchev–Trinajstić information content (AvgIpc) is 2.42. The molecule has 0 aromatic heterocycles. The van der Waals surface area contributed by atoms with E-state index in [2.05, 4.69) is 25.2 Å². The molecule has 0 saturated carbocycles. The van der Waals surface area contributed by atoms with Crippen molar-refractivity contribution >= 4 is 5.91 Å². The zero-order valence-electron chi connectivity index (χ0n) is 12.9. The average molecular weight is 278 g/mol. The maximum atomic E-state index is 11.3. The van der Waals surface area contributed by atoms with Crippen LogP contribution in [-0.2, 0) is 4.79 Å². The van der Waals surface area contributed by atoms with Crippen molar-refractivity contribution in [3.05, 3.63) is 29.3 Å². The van der Waals surface area contributed by atoms with Gasteiger partial charge in [-0.3, -0.25) is 4.79 Å². The van der Waals surface area contributed by atoms with E-state index in [9.17, 15) is 4.79 Å². The maximum Gasteiger partial charge on any atom is 0.258 e. The second-order valence-corrected chi connectivity index (χ2v) is 5.13. The Hall–Kier alpha value is -1.55. The van der Waals surface area contributed by atoms with Crippen molar-refractivity contribution in [3.8, 4) is 5.75 Å². The highest BCUT2D eigenvalue weighted by Gasteiger charge is 2.18. The number of hydrogen-bond acceptors (Lipinski definition) is 3. The fourth-order valence-corrected chi connectivity index (χ4v) is 2.08. The molecule has 0 radical (unpaired) electrons. The molecule has 2 atom stereocenters. The Bertz CT molecular complexity index is 446. The van der Waals surface area contributed by atoms with Gasteiger partial charge < -0.3 is 15.8 Å². The number of nitrogens with one attached hydrogen (secondary N) is 1. The van der Waals surface area contributed by atoms with Gasteiger partial charge in [0, 0.05) is 11.6 Å². The number of primary amides is 1. The quantitative estimate of drug-likeness (QED) is 0.768. The first-order valence-corrected chi connectivity index (χ1v) is 7.29. The molecular formula is C16H26N2O2. The third-order valence-electron chi connectivity index (χ3n) is 3.29. The minimum absolute atomic E-state index is 0.176. The molecule has 1 amide bonds. The Labute approximate surface area is 121 Å². The van der Waals surface area contributed by atoms with Crippen molar-refractivity contribution in [1.29, 1.82) is 0 Å². The van der Waals surface area contributed by atoms with E-state index in [1.165, 1.54) is 5.56 Å². The number of hydrogen-bond donors (Lipinski definition) is 2. The van der Waals surface area contributed by atoms with Crippen LogP contribution in [0.2, 0.25) is 0 Å². The van der Waals surface area contributed by atoms with Gasteiger partial charge in [-0.1, -0.05) is 31.5 Å². The highest BCUT2D eigenvalue weighted by molar-refractivity contribution is 5.79. The zero-order valence-corrected chi connectivity index (χ0v) is 12.9. The van der Waals surface area contributed by atoms with E-state index in [0.29, 0.717) is 6.42 Å². The summed E-state index contributed by atoms with van der Waals surface area (Å²) in [6.45, 7) is 9.12. The molecular weight excluding hydrogens is 252 g/mol. The number of rotatable bonds is 8. The van der Waals surface area contributed by atoms with Crippen molar-refractivity contribution in [2.24, 2.45) is 5.73 Å². The minimum atomic E-state index is -0.574. The first kappa shape index (κ1) is 16.5. The Morgan fingerprint density at radius 3 is 2.65 bits per heavy atom. The molecule has 0 spiro atoms. The molecule has 4 heteroatoms. The van der Waals surface area contributed by atoms with Gasteiger partial charge in [0.05, 0.1) is 0 Å². The molecule has 0 fully saturated rings. The number of ether oxygens (including phenoxy) is 1. The topological polar surface area (TPSA) is 64.3 Å². The normalized spacial score (nSPS) is 13.8. The van der Waals surface area contributed by atoms with Crippen LogP contribution in [0.25, 0.3) is 0 Å². The third-order valence-corrected chi connectivity index (χ3v) is 3.29. The summed E-state index contributed by atoms with van der Waals surface area (Å²) in [5, 5.41) is 3.44. The lowest BCUT2D eigenvalue weighted by molar-refractivity contribution is -0.124. The highest BCUT2D eigenvalue weighted by Crippen LogP contribution is 2.27. The summed E-state index contributed by atoms with van der Waals surface area (Å²) in [5.74, 6) is 0.311. The van der Waals surface area contributed by atoms with Gasteiger partial charge in [-0.05, 0) is 39.3 Å². The molecule has 1 rings (SSSR count). The van der Waals surface area contributed by atoms with Crippen LogP contribution >= 0.6 is 0 Å². The predicted molar refractivity (Wildman–Crippen MR) is 81.8 cm³/mol. The molecule has 1 aromatic rings. The number of carbonyl (C=O) groups excluding carboxylic acids is 1. The number of aryl methyl sites for hydroxylation is 1. The van der Waals surface area contributed by atoms with Crippen LogP contribution in [0.1, 0.15) is 50.8 Å². The second-order valence-electron chi connectivity index (χ2n) is 5.13. The van der Waals surface area contributed by atoms with Crippen molar-refractivity contribution in [3.63, 3.8) is 0 Å². The lowest BCUT2D eigenvalue weighted by Crippen LogP contribution is -2.33. The van der Waals surface area contributed by atoms with E-state index >= 15 is 0 Å². The van der Waals surface area contributed by atoms with E-state index in [0.717, 1.165) is 24.3 Å². The molecule has 0 aliphatic rings. The largest absolute Gasteiger partial charge is 0.480 e. The predicted octanol–water partition coefficient (Wildman–Crippen LogP) is 2.70. The summed E-state index contributed by atoms with van der Waals surface area (Å²) in [7, 11) is 0. The van der Waals surface area contributed by atoms with E-state index in [1.807, 2.05) is 26.0 Å². The molecule has 0 aliphatic heterocycles. The van der Waals surface area contributed by atoms with E-state index < -0.39 is 12.0 Å². The number of nitrogens with two attached hydrogens (primary N) is 1. The molecule has 112 valence electrons. The van der Waals surface area contributed by atoms with Gasteiger partial charge in [0.25, 0.3) is 5.91 Å². The summed E-state index contributed by atoms with van der Waals surface area (Å²) in [6.07, 6.45) is 1.07. The Kier molecular flexibility index (Phi) is 6.52. The van der Waals surface area contributed by atoms with Gasteiger partial charge in [-0.15, -0.1) is 0 Å². The van der Waals surface area contributed by atoms with Gasteiger partial charge in [-0.25, -0.2) is 0 Å². The lowest BCUT2D eigenvalue weighted by Gasteiger charge is -2.21. The van der Waals surface area contributed by atoms with Crippen LogP contribution < -0.4 is 15.8 Å². The summed E-state index contributed by atoms with van der Waals surface area (Å²) in [6, 6.07) is 6.17. The number of carbonyl (C=O) groups is 1. The molecule has 2 unspecified atom stereocenters. The molecule has 3 N–H and O–H groups in total. The summed E-state index contributed by atoms with van der Waals surface area (Å²) in [4.78, 5) is 11.3. The Balaban J connectivity index is 2.97. The van der Waals surface area contributed by atoms with Crippen molar-refractivity contribution < 1.29 is 9.53 Å². The SMILES string of the molecule is CCCNC(C)c1cc(C)ccc1OC(CC)C(N)=O. The van der Waals surface area contributed by atoms with Crippen LogP contribution in [0.3, 0.4) is 0 Å². The zero-order chi connectivity index (χ0) is 15.1. The van der Waals surface area contributed by atoms with Gasteiger partial charge >= 0.3 is 0 Å².